The highest BCUT2D eigenvalue weighted by Crippen LogP contribution is 2.37. The van der Waals surface area contributed by atoms with Crippen LogP contribution in [-0.4, -0.2) is 10.1 Å². The molecule has 0 saturated heterocycles. The van der Waals surface area contributed by atoms with Crippen molar-refractivity contribution < 1.29 is 13.2 Å². The predicted molar refractivity (Wildman–Crippen MR) is 71.1 cm³/mol. The molecule has 102 valence electrons. The smallest absolute Gasteiger partial charge is 0.379 e. The van der Waals surface area contributed by atoms with E-state index in [9.17, 15) is 13.2 Å². The largest absolute Gasteiger partial charge is 0.446 e. The number of alkyl halides is 3. The van der Waals surface area contributed by atoms with E-state index in [1.165, 1.54) is 12.1 Å². The number of halogens is 3. The number of hydrogen-bond acceptors (Lipinski definition) is 2. The van der Waals surface area contributed by atoms with E-state index in [0.29, 0.717) is 6.54 Å². The molecular formula is C13H13F3N2S. The molecule has 1 heterocycles. The molecular weight excluding hydrogens is 273 g/mol. The third-order valence-corrected chi connectivity index (χ3v) is 3.35. The number of rotatable bonds is 4. The average Bonchev–Trinajstić information content (AvgIpc) is 2.72. The molecule has 0 atom stereocenters. The Bertz CT molecular complexity index is 532. The van der Waals surface area contributed by atoms with Crippen molar-refractivity contribution in [1.82, 2.24) is 4.57 Å². The highest BCUT2D eigenvalue weighted by molar-refractivity contribution is 8.00. The van der Waals surface area contributed by atoms with Crippen molar-refractivity contribution in [3.63, 3.8) is 0 Å². The fourth-order valence-corrected chi connectivity index (χ4v) is 2.19. The molecule has 0 amide bonds. The molecule has 0 bridgehead atoms. The predicted octanol–water partition coefficient (Wildman–Crippen LogP) is 4.25. The molecule has 0 aliphatic rings. The third-order valence-electron chi connectivity index (χ3n) is 2.61. The van der Waals surface area contributed by atoms with E-state index in [-0.39, 0.29) is 16.7 Å². The zero-order chi connectivity index (χ0) is 13.9. The second kappa shape index (κ2) is 5.61. The molecule has 0 radical (unpaired) electrons. The summed E-state index contributed by atoms with van der Waals surface area (Å²) in [4.78, 5) is 0.192. The van der Waals surface area contributed by atoms with Crippen molar-refractivity contribution in [3.8, 4) is 0 Å². The van der Waals surface area contributed by atoms with E-state index in [1.54, 1.807) is 12.1 Å². The number of aryl methyl sites for hydroxylation is 1. The molecule has 19 heavy (non-hydrogen) atoms. The molecule has 0 spiro atoms. The Balaban J connectivity index is 1.94. The van der Waals surface area contributed by atoms with Crippen LogP contribution >= 0.6 is 11.8 Å². The standard InChI is InChI=1S/C13H13F3N2S/c1-18-8-2-3-11(18)9-17-10-4-6-12(7-5-10)19-13(14,15)16/h2-8,17H,9H2,1H3. The fourth-order valence-electron chi connectivity index (χ4n) is 1.65. The van der Waals surface area contributed by atoms with Gasteiger partial charge in [0, 0.05) is 29.5 Å². The SMILES string of the molecule is Cn1cccc1CNc1ccc(SC(F)(F)F)cc1. The summed E-state index contributed by atoms with van der Waals surface area (Å²) >= 11 is -0.104. The lowest BCUT2D eigenvalue weighted by molar-refractivity contribution is -0.0328. The molecule has 0 fully saturated rings. The number of hydrogen-bond donors (Lipinski definition) is 1. The molecule has 0 unspecified atom stereocenters. The van der Waals surface area contributed by atoms with Gasteiger partial charge in [0.15, 0.2) is 0 Å². The van der Waals surface area contributed by atoms with Gasteiger partial charge < -0.3 is 9.88 Å². The van der Waals surface area contributed by atoms with Crippen molar-refractivity contribution in [2.45, 2.75) is 16.9 Å². The zero-order valence-electron chi connectivity index (χ0n) is 10.2. The first-order valence-electron chi connectivity index (χ1n) is 5.64. The minimum Gasteiger partial charge on any atom is -0.379 e. The molecule has 2 aromatic rings. The lowest BCUT2D eigenvalue weighted by Crippen LogP contribution is -2.04. The van der Waals surface area contributed by atoms with E-state index in [1.807, 2.05) is 29.9 Å². The second-order valence-electron chi connectivity index (χ2n) is 4.04. The number of benzene rings is 1. The number of anilines is 1. The quantitative estimate of drug-likeness (QED) is 0.846. The van der Waals surface area contributed by atoms with Crippen LogP contribution in [0.25, 0.3) is 0 Å². The van der Waals surface area contributed by atoms with Gasteiger partial charge in [-0.05, 0) is 48.2 Å². The van der Waals surface area contributed by atoms with Crippen LogP contribution in [0.2, 0.25) is 0 Å². The summed E-state index contributed by atoms with van der Waals surface area (Å²) in [6.45, 7) is 0.634. The van der Waals surface area contributed by atoms with E-state index in [2.05, 4.69) is 5.32 Å². The number of thioether (sulfide) groups is 1. The Morgan fingerprint density at radius 3 is 2.37 bits per heavy atom. The maximum atomic E-state index is 12.2. The lowest BCUT2D eigenvalue weighted by Gasteiger charge is -2.09. The first-order valence-corrected chi connectivity index (χ1v) is 6.45. The number of nitrogens with one attached hydrogen (secondary N) is 1. The van der Waals surface area contributed by atoms with Gasteiger partial charge in [0.05, 0.1) is 6.54 Å². The summed E-state index contributed by atoms with van der Waals surface area (Å²) < 4.78 is 38.5. The Labute approximate surface area is 113 Å². The van der Waals surface area contributed by atoms with Crippen molar-refractivity contribution in [3.05, 3.63) is 48.3 Å². The fraction of sp³-hybridized carbons (Fsp3) is 0.231. The van der Waals surface area contributed by atoms with Crippen LogP contribution in [0.15, 0.2) is 47.5 Å². The van der Waals surface area contributed by atoms with Gasteiger partial charge >= 0.3 is 5.51 Å². The highest BCUT2D eigenvalue weighted by atomic mass is 32.2. The van der Waals surface area contributed by atoms with Crippen molar-refractivity contribution in [2.75, 3.05) is 5.32 Å². The molecule has 0 aliphatic carbocycles. The van der Waals surface area contributed by atoms with Crippen LogP contribution in [-0.2, 0) is 13.6 Å². The van der Waals surface area contributed by atoms with Gasteiger partial charge in [-0.15, -0.1) is 0 Å². The summed E-state index contributed by atoms with van der Waals surface area (Å²) in [6, 6.07) is 10.2. The monoisotopic (exact) mass is 286 g/mol. The Hall–Kier alpha value is -1.56. The lowest BCUT2D eigenvalue weighted by atomic mass is 10.3. The normalized spacial score (nSPS) is 11.6. The molecule has 2 rings (SSSR count). The minimum absolute atomic E-state index is 0.104. The van der Waals surface area contributed by atoms with Gasteiger partial charge in [-0.25, -0.2) is 0 Å². The van der Waals surface area contributed by atoms with Crippen LogP contribution in [0.4, 0.5) is 18.9 Å². The molecule has 6 heteroatoms. The third kappa shape index (κ3) is 4.24. The van der Waals surface area contributed by atoms with Crippen LogP contribution in [0.5, 0.6) is 0 Å². The second-order valence-corrected chi connectivity index (χ2v) is 5.17. The maximum Gasteiger partial charge on any atom is 0.446 e. The topological polar surface area (TPSA) is 17.0 Å². The molecule has 0 aliphatic heterocycles. The summed E-state index contributed by atoms with van der Waals surface area (Å²) in [5.74, 6) is 0. The van der Waals surface area contributed by atoms with Crippen LogP contribution in [0.1, 0.15) is 5.69 Å². The van der Waals surface area contributed by atoms with Gasteiger partial charge in [0.1, 0.15) is 0 Å². The Morgan fingerprint density at radius 2 is 1.84 bits per heavy atom. The van der Waals surface area contributed by atoms with Gasteiger partial charge in [0.2, 0.25) is 0 Å². The molecule has 2 nitrogen and oxygen atoms in total. The van der Waals surface area contributed by atoms with Crippen LogP contribution in [0.3, 0.4) is 0 Å². The highest BCUT2D eigenvalue weighted by Gasteiger charge is 2.28. The molecule has 0 saturated carbocycles. The van der Waals surface area contributed by atoms with Crippen molar-refractivity contribution in [1.29, 1.82) is 0 Å². The minimum atomic E-state index is -4.24. The van der Waals surface area contributed by atoms with Gasteiger partial charge in [-0.3, -0.25) is 0 Å². The summed E-state index contributed by atoms with van der Waals surface area (Å²) in [7, 11) is 1.94. The number of nitrogens with zero attached hydrogens (tertiary/aromatic N) is 1. The Morgan fingerprint density at radius 1 is 1.16 bits per heavy atom. The summed E-state index contributed by atoms with van der Waals surface area (Å²) in [5, 5.41) is 3.17. The molecule has 1 aromatic carbocycles. The number of aromatic nitrogens is 1. The molecule has 1 N–H and O–H groups in total. The average molecular weight is 286 g/mol. The Kier molecular flexibility index (Phi) is 4.09. The van der Waals surface area contributed by atoms with Crippen molar-refractivity contribution in [2.24, 2.45) is 7.05 Å². The van der Waals surface area contributed by atoms with Gasteiger partial charge in [-0.2, -0.15) is 13.2 Å². The van der Waals surface area contributed by atoms with Gasteiger partial charge in [0.25, 0.3) is 0 Å². The summed E-state index contributed by atoms with van der Waals surface area (Å²) in [5.41, 5.74) is -2.33. The van der Waals surface area contributed by atoms with E-state index >= 15 is 0 Å². The molecule has 1 aromatic heterocycles. The zero-order valence-corrected chi connectivity index (χ0v) is 11.1. The van der Waals surface area contributed by atoms with Crippen LogP contribution in [0, 0.1) is 0 Å². The first kappa shape index (κ1) is 13.9. The van der Waals surface area contributed by atoms with E-state index in [4.69, 9.17) is 0 Å². The van der Waals surface area contributed by atoms with Crippen molar-refractivity contribution >= 4 is 17.4 Å². The first-order chi connectivity index (χ1) is 8.94. The van der Waals surface area contributed by atoms with E-state index < -0.39 is 5.51 Å². The summed E-state index contributed by atoms with van der Waals surface area (Å²) in [6.07, 6.45) is 1.94. The van der Waals surface area contributed by atoms with Gasteiger partial charge in [-0.1, -0.05) is 0 Å². The maximum absolute atomic E-state index is 12.2. The van der Waals surface area contributed by atoms with E-state index in [0.717, 1.165) is 11.4 Å². The van der Waals surface area contributed by atoms with Crippen LogP contribution < -0.4 is 5.32 Å².